The molecule has 3 nitrogen and oxygen atoms in total. The van der Waals surface area contributed by atoms with E-state index in [0.717, 1.165) is 0 Å². The zero-order chi connectivity index (χ0) is 12.1. The summed E-state index contributed by atoms with van der Waals surface area (Å²) in [6, 6.07) is 3.00. The molecule has 0 aromatic heterocycles. The molecule has 0 aliphatic heterocycles. The van der Waals surface area contributed by atoms with Crippen LogP contribution in [0.25, 0.3) is 6.08 Å². The molecule has 0 unspecified atom stereocenters. The zero-order valence-corrected chi connectivity index (χ0v) is 10.0. The van der Waals surface area contributed by atoms with Crippen LogP contribution < -0.4 is 0 Å². The Bertz CT molecular complexity index is 404. The van der Waals surface area contributed by atoms with Crippen molar-refractivity contribution in [3.8, 4) is 5.75 Å². The number of hydrogen-bond acceptors (Lipinski definition) is 3. The van der Waals surface area contributed by atoms with Crippen molar-refractivity contribution in [3.05, 3.63) is 33.8 Å². The predicted molar refractivity (Wildman–Crippen MR) is 63.8 cm³/mol. The SMILES string of the molecule is CCOC(=O)/C=C/c1cc(Cl)c(O)c(Cl)c1. The summed E-state index contributed by atoms with van der Waals surface area (Å²) in [4.78, 5) is 11.0. The van der Waals surface area contributed by atoms with Gasteiger partial charge in [-0.1, -0.05) is 23.2 Å². The van der Waals surface area contributed by atoms with Gasteiger partial charge in [-0.25, -0.2) is 4.79 Å². The summed E-state index contributed by atoms with van der Waals surface area (Å²) in [7, 11) is 0. The van der Waals surface area contributed by atoms with E-state index in [9.17, 15) is 9.90 Å². The van der Waals surface area contributed by atoms with Gasteiger partial charge in [0, 0.05) is 6.08 Å². The molecule has 0 saturated carbocycles. The van der Waals surface area contributed by atoms with Crippen LogP contribution in [0.4, 0.5) is 0 Å². The van der Waals surface area contributed by atoms with Crippen molar-refractivity contribution in [2.45, 2.75) is 6.92 Å². The Morgan fingerprint density at radius 1 is 1.44 bits per heavy atom. The van der Waals surface area contributed by atoms with Crippen molar-refractivity contribution in [2.75, 3.05) is 6.61 Å². The van der Waals surface area contributed by atoms with Gasteiger partial charge >= 0.3 is 5.97 Å². The Balaban J connectivity index is 2.86. The van der Waals surface area contributed by atoms with Crippen LogP contribution in [0.1, 0.15) is 12.5 Å². The molecule has 0 radical (unpaired) electrons. The summed E-state index contributed by atoms with van der Waals surface area (Å²) < 4.78 is 4.71. The first-order chi connectivity index (χ1) is 7.54. The fraction of sp³-hybridized carbons (Fsp3) is 0.182. The van der Waals surface area contributed by atoms with Gasteiger partial charge in [0.2, 0.25) is 0 Å². The number of rotatable bonds is 3. The Hall–Kier alpha value is -1.19. The molecule has 1 aromatic rings. The number of benzene rings is 1. The number of ether oxygens (including phenoxy) is 1. The Morgan fingerprint density at radius 3 is 2.50 bits per heavy atom. The maximum Gasteiger partial charge on any atom is 0.330 e. The average molecular weight is 261 g/mol. The molecule has 0 atom stereocenters. The second-order valence-electron chi connectivity index (χ2n) is 2.92. The number of phenolic OH excluding ortho intramolecular Hbond substituents is 1. The quantitative estimate of drug-likeness (QED) is 0.670. The summed E-state index contributed by atoms with van der Waals surface area (Å²) in [6.07, 6.45) is 2.78. The third-order valence-electron chi connectivity index (χ3n) is 1.74. The minimum Gasteiger partial charge on any atom is -0.505 e. The van der Waals surface area contributed by atoms with Gasteiger partial charge in [0.1, 0.15) is 0 Å². The molecule has 0 aliphatic carbocycles. The molecule has 0 amide bonds. The Kier molecular flexibility index (Phi) is 4.65. The lowest BCUT2D eigenvalue weighted by molar-refractivity contribution is -0.137. The first-order valence-corrected chi connectivity index (χ1v) is 5.33. The molecular formula is C11H10Cl2O3. The molecule has 1 N–H and O–H groups in total. The van der Waals surface area contributed by atoms with Gasteiger partial charge in [-0.2, -0.15) is 0 Å². The van der Waals surface area contributed by atoms with Gasteiger partial charge in [-0.3, -0.25) is 0 Å². The lowest BCUT2D eigenvalue weighted by Gasteiger charge is -2.01. The molecule has 0 saturated heterocycles. The topological polar surface area (TPSA) is 46.5 Å². The van der Waals surface area contributed by atoms with Gasteiger partial charge in [0.15, 0.2) is 5.75 Å². The molecule has 0 bridgehead atoms. The van der Waals surface area contributed by atoms with E-state index in [1.54, 1.807) is 6.92 Å². The van der Waals surface area contributed by atoms with Gasteiger partial charge in [-0.15, -0.1) is 0 Å². The third-order valence-corrected chi connectivity index (χ3v) is 2.31. The first kappa shape index (κ1) is 12.9. The van der Waals surface area contributed by atoms with E-state index in [4.69, 9.17) is 27.9 Å². The molecule has 0 fully saturated rings. The van der Waals surface area contributed by atoms with Gasteiger partial charge in [0.05, 0.1) is 16.7 Å². The lowest BCUT2D eigenvalue weighted by Crippen LogP contribution is -1.98. The number of hydrogen-bond donors (Lipinski definition) is 1. The van der Waals surface area contributed by atoms with Crippen LogP contribution in [-0.4, -0.2) is 17.7 Å². The van der Waals surface area contributed by atoms with Crippen LogP contribution >= 0.6 is 23.2 Å². The maximum absolute atomic E-state index is 11.0. The molecule has 16 heavy (non-hydrogen) atoms. The molecule has 86 valence electrons. The third kappa shape index (κ3) is 3.43. The van der Waals surface area contributed by atoms with Gasteiger partial charge in [-0.05, 0) is 30.7 Å². The van der Waals surface area contributed by atoms with Crippen molar-refractivity contribution in [2.24, 2.45) is 0 Å². The highest BCUT2D eigenvalue weighted by Crippen LogP contribution is 2.32. The van der Waals surface area contributed by atoms with Crippen molar-refractivity contribution in [1.29, 1.82) is 0 Å². The molecule has 1 aromatic carbocycles. The molecule has 1 rings (SSSR count). The van der Waals surface area contributed by atoms with E-state index in [2.05, 4.69) is 0 Å². The van der Waals surface area contributed by atoms with Crippen molar-refractivity contribution in [1.82, 2.24) is 0 Å². The van der Waals surface area contributed by atoms with E-state index in [-0.39, 0.29) is 15.8 Å². The van der Waals surface area contributed by atoms with Gasteiger partial charge < -0.3 is 9.84 Å². The average Bonchev–Trinajstić information content (AvgIpc) is 2.23. The second-order valence-corrected chi connectivity index (χ2v) is 3.73. The van der Waals surface area contributed by atoms with E-state index >= 15 is 0 Å². The van der Waals surface area contributed by atoms with Crippen LogP contribution in [0.3, 0.4) is 0 Å². The Labute approximate surface area is 103 Å². The summed E-state index contributed by atoms with van der Waals surface area (Å²) in [5, 5.41) is 9.58. The van der Waals surface area contributed by atoms with E-state index < -0.39 is 5.97 Å². The fourth-order valence-electron chi connectivity index (χ4n) is 1.04. The van der Waals surface area contributed by atoms with Crippen molar-refractivity contribution < 1.29 is 14.6 Å². The molecule has 5 heteroatoms. The molecule has 0 aliphatic rings. The number of carbonyl (C=O) groups is 1. The number of carbonyl (C=O) groups excluding carboxylic acids is 1. The van der Waals surface area contributed by atoms with Gasteiger partial charge in [0.25, 0.3) is 0 Å². The van der Waals surface area contributed by atoms with E-state index in [1.165, 1.54) is 24.3 Å². The lowest BCUT2D eigenvalue weighted by atomic mass is 10.2. The Morgan fingerprint density at radius 2 is 2.00 bits per heavy atom. The van der Waals surface area contributed by atoms with Crippen molar-refractivity contribution in [3.63, 3.8) is 0 Å². The summed E-state index contributed by atoms with van der Waals surface area (Å²) in [5.41, 5.74) is 0.612. The van der Waals surface area contributed by atoms with Crippen LogP contribution in [0.15, 0.2) is 18.2 Å². The van der Waals surface area contributed by atoms with E-state index in [1.807, 2.05) is 0 Å². The largest absolute Gasteiger partial charge is 0.505 e. The van der Waals surface area contributed by atoms with Crippen LogP contribution in [-0.2, 0) is 9.53 Å². The number of esters is 1. The standard InChI is InChI=1S/C11H10Cl2O3/c1-2-16-10(14)4-3-7-5-8(12)11(15)9(13)6-7/h3-6,15H,2H2,1H3/b4-3+. The molecular weight excluding hydrogens is 251 g/mol. The number of phenols is 1. The van der Waals surface area contributed by atoms with Crippen LogP contribution in [0.5, 0.6) is 5.75 Å². The van der Waals surface area contributed by atoms with E-state index in [0.29, 0.717) is 12.2 Å². The number of aromatic hydroxyl groups is 1. The number of halogens is 2. The smallest absolute Gasteiger partial charge is 0.330 e. The normalized spacial score (nSPS) is 10.7. The highest BCUT2D eigenvalue weighted by Gasteiger charge is 2.05. The maximum atomic E-state index is 11.0. The summed E-state index contributed by atoms with van der Waals surface area (Å²) in [5.74, 6) is -0.612. The van der Waals surface area contributed by atoms with Crippen LogP contribution in [0.2, 0.25) is 10.0 Å². The fourth-order valence-corrected chi connectivity index (χ4v) is 1.54. The minimum atomic E-state index is -0.442. The molecule has 0 spiro atoms. The summed E-state index contributed by atoms with van der Waals surface area (Å²) >= 11 is 11.4. The second kappa shape index (κ2) is 5.77. The van der Waals surface area contributed by atoms with Crippen molar-refractivity contribution >= 4 is 35.2 Å². The monoisotopic (exact) mass is 260 g/mol. The summed E-state index contributed by atoms with van der Waals surface area (Å²) in [6.45, 7) is 2.04. The highest BCUT2D eigenvalue weighted by molar-refractivity contribution is 6.37. The molecule has 0 heterocycles. The first-order valence-electron chi connectivity index (χ1n) is 4.57. The predicted octanol–water partition coefficient (Wildman–Crippen LogP) is 3.28. The minimum absolute atomic E-state index is 0.135. The van der Waals surface area contributed by atoms with Crippen LogP contribution in [0, 0.1) is 0 Å². The highest BCUT2D eigenvalue weighted by atomic mass is 35.5. The zero-order valence-electron chi connectivity index (χ0n) is 8.54.